The maximum absolute atomic E-state index is 5.43. The highest BCUT2D eigenvalue weighted by Gasteiger charge is 2.26. The third-order valence-electron chi connectivity index (χ3n) is 4.11. The molecule has 2 heterocycles. The van der Waals surface area contributed by atoms with Gasteiger partial charge in [0.1, 0.15) is 0 Å². The molecule has 1 fully saturated rings. The van der Waals surface area contributed by atoms with Crippen LogP contribution in [0.4, 0.5) is 0 Å². The summed E-state index contributed by atoms with van der Waals surface area (Å²) in [5, 5.41) is 0. The average molecular weight is 233 g/mol. The number of hydrogen-bond acceptors (Lipinski definition) is 3. The topological polar surface area (TPSA) is 21.7 Å². The van der Waals surface area contributed by atoms with E-state index in [4.69, 9.17) is 9.47 Å². The first kappa shape index (κ1) is 10.9. The number of likely N-dealkylation sites (tertiary alicyclic amines) is 1. The van der Waals surface area contributed by atoms with Crippen LogP contribution in [-0.2, 0) is 0 Å². The van der Waals surface area contributed by atoms with Gasteiger partial charge in [0.05, 0.1) is 0 Å². The minimum atomic E-state index is 0.356. The number of fused-ring (bicyclic) bond motifs is 1. The summed E-state index contributed by atoms with van der Waals surface area (Å²) in [5.41, 5.74) is 1.34. The van der Waals surface area contributed by atoms with Gasteiger partial charge in [-0.25, -0.2) is 0 Å². The van der Waals surface area contributed by atoms with Crippen molar-refractivity contribution in [2.45, 2.75) is 32.2 Å². The van der Waals surface area contributed by atoms with Crippen LogP contribution in [0.15, 0.2) is 18.2 Å². The van der Waals surface area contributed by atoms with Crippen molar-refractivity contribution in [3.05, 3.63) is 23.8 Å². The van der Waals surface area contributed by atoms with Crippen LogP contribution >= 0.6 is 0 Å². The monoisotopic (exact) mass is 233 g/mol. The molecule has 0 saturated carbocycles. The van der Waals surface area contributed by atoms with Gasteiger partial charge in [-0.1, -0.05) is 13.0 Å². The van der Waals surface area contributed by atoms with Gasteiger partial charge in [0, 0.05) is 6.04 Å². The van der Waals surface area contributed by atoms with E-state index < -0.39 is 0 Å². The number of hydrogen-bond donors (Lipinski definition) is 0. The van der Waals surface area contributed by atoms with Crippen molar-refractivity contribution >= 4 is 0 Å². The number of rotatable bonds is 3. The second-order valence-corrected chi connectivity index (χ2v) is 5.03. The quantitative estimate of drug-likeness (QED) is 0.801. The van der Waals surface area contributed by atoms with Crippen molar-refractivity contribution in [1.29, 1.82) is 0 Å². The van der Waals surface area contributed by atoms with Gasteiger partial charge in [0.15, 0.2) is 11.5 Å². The molecule has 0 radical (unpaired) electrons. The van der Waals surface area contributed by atoms with Gasteiger partial charge in [0.25, 0.3) is 0 Å². The molecule has 0 amide bonds. The highest BCUT2D eigenvalue weighted by atomic mass is 16.7. The normalized spacial score (nSPS) is 22.0. The van der Waals surface area contributed by atoms with E-state index in [1.54, 1.807) is 0 Å². The molecule has 0 bridgehead atoms. The Balaban J connectivity index is 1.78. The summed E-state index contributed by atoms with van der Waals surface area (Å²) in [6.07, 6.45) is 1.35. The zero-order chi connectivity index (χ0) is 11.8. The lowest BCUT2D eigenvalue weighted by molar-refractivity contribution is 0.113. The van der Waals surface area contributed by atoms with Gasteiger partial charge in [-0.05, 0) is 50.0 Å². The summed E-state index contributed by atoms with van der Waals surface area (Å²) in [5.74, 6) is 2.30. The molecule has 1 aromatic rings. The molecule has 0 unspecified atom stereocenters. The molecule has 2 aliphatic rings. The minimum absolute atomic E-state index is 0.356. The van der Waals surface area contributed by atoms with Crippen molar-refractivity contribution in [2.24, 2.45) is 0 Å². The molecular weight excluding hydrogens is 214 g/mol. The summed E-state index contributed by atoms with van der Waals surface area (Å²) >= 11 is 0. The van der Waals surface area contributed by atoms with E-state index in [0.717, 1.165) is 11.5 Å². The molecule has 92 valence electrons. The zero-order valence-corrected chi connectivity index (χ0v) is 10.5. The molecule has 0 N–H and O–H groups in total. The van der Waals surface area contributed by atoms with Crippen molar-refractivity contribution in [1.82, 2.24) is 4.90 Å². The van der Waals surface area contributed by atoms with E-state index in [1.807, 2.05) is 6.07 Å². The molecule has 2 aliphatic heterocycles. The first-order valence-electron chi connectivity index (χ1n) is 6.39. The van der Waals surface area contributed by atoms with E-state index in [2.05, 4.69) is 30.9 Å². The highest BCUT2D eigenvalue weighted by Crippen LogP contribution is 2.36. The van der Waals surface area contributed by atoms with Gasteiger partial charge < -0.3 is 9.47 Å². The van der Waals surface area contributed by atoms with Gasteiger partial charge in [-0.2, -0.15) is 0 Å². The predicted octanol–water partition coefficient (Wildman–Crippen LogP) is 2.61. The summed E-state index contributed by atoms with van der Waals surface area (Å²) in [6.45, 7) is 7.45. The molecule has 0 spiro atoms. The molecule has 1 saturated heterocycles. The third kappa shape index (κ3) is 1.89. The largest absolute Gasteiger partial charge is 0.454 e. The van der Waals surface area contributed by atoms with Gasteiger partial charge >= 0.3 is 0 Å². The fraction of sp³-hybridized carbons (Fsp3) is 0.571. The first-order chi connectivity index (χ1) is 8.25. The Morgan fingerprint density at radius 2 is 1.88 bits per heavy atom. The molecular formula is C14H19NO2. The van der Waals surface area contributed by atoms with E-state index in [-0.39, 0.29) is 0 Å². The van der Waals surface area contributed by atoms with Crippen molar-refractivity contribution < 1.29 is 9.47 Å². The predicted molar refractivity (Wildman–Crippen MR) is 66.6 cm³/mol. The summed E-state index contributed by atoms with van der Waals surface area (Å²) in [7, 11) is 0. The van der Waals surface area contributed by atoms with Gasteiger partial charge in [-0.3, -0.25) is 4.90 Å². The molecule has 3 rings (SSSR count). The fourth-order valence-corrected chi connectivity index (χ4v) is 2.54. The maximum atomic E-state index is 5.43. The molecule has 0 aromatic heterocycles. The average Bonchev–Trinajstić information content (AvgIpc) is 2.72. The number of nitrogens with zero attached hydrogens (tertiary/aromatic N) is 1. The Labute approximate surface area is 102 Å². The van der Waals surface area contributed by atoms with E-state index in [0.29, 0.717) is 18.8 Å². The molecule has 2 atom stereocenters. The zero-order valence-electron chi connectivity index (χ0n) is 10.5. The molecule has 0 aliphatic carbocycles. The van der Waals surface area contributed by atoms with Crippen LogP contribution in [-0.4, -0.2) is 30.8 Å². The lowest BCUT2D eigenvalue weighted by Gasteiger charge is -2.39. The second kappa shape index (κ2) is 4.22. The Morgan fingerprint density at radius 1 is 1.12 bits per heavy atom. The molecule has 3 nitrogen and oxygen atoms in total. The molecule has 3 heteroatoms. The Hall–Kier alpha value is -1.22. The SMILES string of the molecule is C[C@H]([C@@H](C)c1ccc2c(c1)OCO2)N1CCC1. The number of ether oxygens (including phenoxy) is 2. The van der Waals surface area contributed by atoms with Crippen molar-refractivity contribution in [2.75, 3.05) is 19.9 Å². The fourth-order valence-electron chi connectivity index (χ4n) is 2.54. The summed E-state index contributed by atoms with van der Waals surface area (Å²) in [4.78, 5) is 2.54. The van der Waals surface area contributed by atoms with Crippen LogP contribution in [0, 0.1) is 0 Å². The number of benzene rings is 1. The summed E-state index contributed by atoms with van der Waals surface area (Å²) < 4.78 is 10.8. The van der Waals surface area contributed by atoms with Crippen LogP contribution < -0.4 is 9.47 Å². The standard InChI is InChI=1S/C14H19NO2/c1-10(11(2)15-6-3-7-15)12-4-5-13-14(8-12)17-9-16-13/h4-5,8,10-11H,3,6-7,9H2,1-2H3/t10-,11-/m1/s1. The Kier molecular flexibility index (Phi) is 2.71. The van der Waals surface area contributed by atoms with Crippen molar-refractivity contribution in [3.63, 3.8) is 0 Å². The maximum Gasteiger partial charge on any atom is 0.231 e. The smallest absolute Gasteiger partial charge is 0.231 e. The lowest BCUT2D eigenvalue weighted by atomic mass is 9.91. The van der Waals surface area contributed by atoms with Crippen LogP contribution in [0.5, 0.6) is 11.5 Å². The highest BCUT2D eigenvalue weighted by molar-refractivity contribution is 5.45. The Morgan fingerprint density at radius 3 is 2.59 bits per heavy atom. The second-order valence-electron chi connectivity index (χ2n) is 5.03. The van der Waals surface area contributed by atoms with Crippen LogP contribution in [0.25, 0.3) is 0 Å². The van der Waals surface area contributed by atoms with E-state index in [9.17, 15) is 0 Å². The van der Waals surface area contributed by atoms with E-state index in [1.165, 1.54) is 25.1 Å². The first-order valence-corrected chi connectivity index (χ1v) is 6.39. The lowest BCUT2D eigenvalue weighted by Crippen LogP contribution is -2.45. The van der Waals surface area contributed by atoms with Crippen molar-refractivity contribution in [3.8, 4) is 11.5 Å². The minimum Gasteiger partial charge on any atom is -0.454 e. The summed E-state index contributed by atoms with van der Waals surface area (Å²) in [6, 6.07) is 6.92. The van der Waals surface area contributed by atoms with Crippen LogP contribution in [0.1, 0.15) is 31.7 Å². The van der Waals surface area contributed by atoms with Crippen LogP contribution in [0.3, 0.4) is 0 Å². The third-order valence-corrected chi connectivity index (χ3v) is 4.11. The molecule has 17 heavy (non-hydrogen) atoms. The van der Waals surface area contributed by atoms with Crippen LogP contribution in [0.2, 0.25) is 0 Å². The van der Waals surface area contributed by atoms with Gasteiger partial charge in [0.2, 0.25) is 6.79 Å². The Bertz CT molecular complexity index is 415. The van der Waals surface area contributed by atoms with E-state index >= 15 is 0 Å². The molecule has 1 aromatic carbocycles. The van der Waals surface area contributed by atoms with Gasteiger partial charge in [-0.15, -0.1) is 0 Å².